The van der Waals surface area contributed by atoms with E-state index in [1.54, 1.807) is 0 Å². The first-order valence-electron chi connectivity index (χ1n) is 4.18. The van der Waals surface area contributed by atoms with Gasteiger partial charge in [-0.05, 0) is 5.53 Å². The molecule has 0 spiro atoms. The number of hydrogen-bond acceptors (Lipinski definition) is 4. The summed E-state index contributed by atoms with van der Waals surface area (Å²) < 4.78 is 4.96. The number of carbonyl (C=O) groups excluding carboxylic acids is 1. The maximum atomic E-state index is 11.3. The molecule has 1 aliphatic heterocycles. The molecule has 7 heteroatoms. The van der Waals surface area contributed by atoms with Crippen molar-refractivity contribution < 1.29 is 14.6 Å². The Morgan fingerprint density at radius 3 is 3.00 bits per heavy atom. The number of ether oxygens (including phenoxy) is 1. The first-order chi connectivity index (χ1) is 6.69. The van der Waals surface area contributed by atoms with Crippen LogP contribution in [0.3, 0.4) is 0 Å². The van der Waals surface area contributed by atoms with E-state index >= 15 is 0 Å². The topological polar surface area (TPSA) is 98.5 Å². The Hall–Kier alpha value is -1.30. The second kappa shape index (κ2) is 4.80. The lowest BCUT2D eigenvalue weighted by atomic mass is 10.3. The van der Waals surface area contributed by atoms with Gasteiger partial charge < -0.3 is 14.7 Å². The van der Waals surface area contributed by atoms with Gasteiger partial charge in [-0.25, -0.2) is 0 Å². The quantitative estimate of drug-likeness (QED) is 0.378. The second-order valence-electron chi connectivity index (χ2n) is 3.03. The summed E-state index contributed by atoms with van der Waals surface area (Å²) in [6.07, 6.45) is -1.000. The molecule has 1 rings (SSSR count). The van der Waals surface area contributed by atoms with Crippen LogP contribution < -0.4 is 0 Å². The van der Waals surface area contributed by atoms with Crippen LogP contribution >= 0.6 is 0 Å². The molecule has 0 aromatic heterocycles. The van der Waals surface area contributed by atoms with Crippen molar-refractivity contribution in [3.8, 4) is 0 Å². The highest BCUT2D eigenvalue weighted by Gasteiger charge is 2.33. The number of nitrogens with zero attached hydrogens (tertiary/aromatic N) is 4. The van der Waals surface area contributed by atoms with Gasteiger partial charge in [-0.1, -0.05) is 5.11 Å². The number of methoxy groups -OCH3 is 1. The zero-order chi connectivity index (χ0) is 10.6. The number of likely N-dealkylation sites (tertiary alicyclic amines) is 1. The van der Waals surface area contributed by atoms with E-state index in [9.17, 15) is 9.90 Å². The van der Waals surface area contributed by atoms with E-state index < -0.39 is 6.10 Å². The van der Waals surface area contributed by atoms with Crippen molar-refractivity contribution in [3.63, 3.8) is 0 Å². The molecule has 1 saturated heterocycles. The van der Waals surface area contributed by atoms with Crippen LogP contribution in [0.15, 0.2) is 5.11 Å². The summed E-state index contributed by atoms with van der Waals surface area (Å²) in [6.45, 7) is 0.370. The average molecular weight is 200 g/mol. The minimum absolute atomic E-state index is 0.209. The van der Waals surface area contributed by atoms with Gasteiger partial charge in [0.2, 0.25) is 5.91 Å². The summed E-state index contributed by atoms with van der Waals surface area (Å²) in [6, 6.07) is 0. The van der Waals surface area contributed by atoms with Crippen LogP contribution in [0.25, 0.3) is 10.4 Å². The lowest BCUT2D eigenvalue weighted by Gasteiger charge is -2.13. The van der Waals surface area contributed by atoms with E-state index in [0.29, 0.717) is 6.54 Å². The molecule has 1 heterocycles. The monoisotopic (exact) mass is 200 g/mol. The van der Waals surface area contributed by atoms with Gasteiger partial charge in [0.05, 0.1) is 6.10 Å². The van der Waals surface area contributed by atoms with E-state index in [0.717, 1.165) is 0 Å². The van der Waals surface area contributed by atoms with Gasteiger partial charge in [-0.2, -0.15) is 0 Å². The minimum atomic E-state index is -0.657. The van der Waals surface area contributed by atoms with Crippen LogP contribution in [-0.4, -0.2) is 54.9 Å². The third-order valence-corrected chi connectivity index (χ3v) is 2.16. The number of amides is 1. The molecule has 1 aliphatic rings. The standard InChI is InChI=1S/C7H12N4O3/c1-14-6-4-11(3-5(6)12)7(13)2-9-10-8/h5-6,12H,2-4H2,1H3/t5-,6-/m0/s1. The number of rotatable bonds is 3. The van der Waals surface area contributed by atoms with E-state index in [1.807, 2.05) is 0 Å². The number of aliphatic hydroxyl groups is 1. The molecule has 2 atom stereocenters. The highest BCUT2D eigenvalue weighted by Crippen LogP contribution is 2.12. The first kappa shape index (κ1) is 10.8. The van der Waals surface area contributed by atoms with Crippen LogP contribution in [0.1, 0.15) is 0 Å². The number of carbonyl (C=O) groups is 1. The molecule has 14 heavy (non-hydrogen) atoms. The fourth-order valence-corrected chi connectivity index (χ4v) is 1.38. The summed E-state index contributed by atoms with van der Waals surface area (Å²) in [5.74, 6) is -0.290. The van der Waals surface area contributed by atoms with Crippen molar-refractivity contribution in [2.45, 2.75) is 12.2 Å². The Morgan fingerprint density at radius 2 is 2.50 bits per heavy atom. The predicted octanol–water partition coefficient (Wildman–Crippen LogP) is -0.485. The van der Waals surface area contributed by atoms with Crippen molar-refractivity contribution in [3.05, 3.63) is 10.4 Å². The summed E-state index contributed by atoms with van der Waals surface area (Å²) >= 11 is 0. The molecular weight excluding hydrogens is 188 g/mol. The van der Waals surface area contributed by atoms with E-state index in [2.05, 4.69) is 10.0 Å². The van der Waals surface area contributed by atoms with Crippen LogP contribution in [0.5, 0.6) is 0 Å². The Balaban J connectivity index is 2.48. The summed E-state index contributed by atoms with van der Waals surface area (Å²) in [4.78, 5) is 15.2. The lowest BCUT2D eigenvalue weighted by Crippen LogP contribution is -2.31. The number of hydrogen-bond donors (Lipinski definition) is 1. The Labute approximate surface area is 80.9 Å². The molecule has 78 valence electrons. The number of aliphatic hydroxyl groups excluding tert-OH is 1. The molecule has 0 radical (unpaired) electrons. The van der Waals surface area contributed by atoms with Gasteiger partial charge in [0.25, 0.3) is 0 Å². The fraction of sp³-hybridized carbons (Fsp3) is 0.857. The zero-order valence-corrected chi connectivity index (χ0v) is 7.83. The van der Waals surface area contributed by atoms with Gasteiger partial charge in [-0.3, -0.25) is 4.79 Å². The summed E-state index contributed by atoms with van der Waals surface area (Å²) in [7, 11) is 1.48. The minimum Gasteiger partial charge on any atom is -0.388 e. The van der Waals surface area contributed by atoms with Gasteiger partial charge in [-0.15, -0.1) is 0 Å². The third-order valence-electron chi connectivity index (χ3n) is 2.16. The Kier molecular flexibility index (Phi) is 3.70. The molecule has 7 nitrogen and oxygen atoms in total. The third kappa shape index (κ3) is 2.35. The van der Waals surface area contributed by atoms with Crippen LogP contribution in [0, 0.1) is 0 Å². The van der Waals surface area contributed by atoms with Crippen LogP contribution in [-0.2, 0) is 9.53 Å². The van der Waals surface area contributed by atoms with Gasteiger partial charge in [0, 0.05) is 25.1 Å². The summed E-state index contributed by atoms with van der Waals surface area (Å²) in [5.41, 5.74) is 8.02. The van der Waals surface area contributed by atoms with Gasteiger partial charge >= 0.3 is 0 Å². The molecule has 0 aromatic rings. The smallest absolute Gasteiger partial charge is 0.228 e. The lowest BCUT2D eigenvalue weighted by molar-refractivity contribution is -0.129. The number of azide groups is 1. The molecular formula is C7H12N4O3. The van der Waals surface area contributed by atoms with E-state index in [1.165, 1.54) is 12.0 Å². The molecule has 1 N–H and O–H groups in total. The maximum absolute atomic E-state index is 11.3. The summed E-state index contributed by atoms with van der Waals surface area (Å²) in [5, 5.41) is 12.6. The zero-order valence-electron chi connectivity index (χ0n) is 7.83. The Morgan fingerprint density at radius 1 is 1.79 bits per heavy atom. The van der Waals surface area contributed by atoms with Crippen molar-refractivity contribution in [1.82, 2.24) is 4.90 Å². The molecule has 0 aromatic carbocycles. The molecule has 0 bridgehead atoms. The second-order valence-corrected chi connectivity index (χ2v) is 3.03. The molecule has 0 unspecified atom stereocenters. The molecule has 0 aliphatic carbocycles. The molecule has 1 fully saturated rings. The van der Waals surface area contributed by atoms with Crippen LogP contribution in [0.2, 0.25) is 0 Å². The van der Waals surface area contributed by atoms with Crippen molar-refractivity contribution >= 4 is 5.91 Å². The Bertz CT molecular complexity index is 264. The SMILES string of the molecule is CO[C@H]1CN(C(=O)CN=[N+]=[N-])C[C@@H]1O. The van der Waals surface area contributed by atoms with Gasteiger partial charge in [0.15, 0.2) is 0 Å². The van der Waals surface area contributed by atoms with E-state index in [4.69, 9.17) is 10.3 Å². The number of β-amino-alcohol motifs (C(OH)–C–C–N with tert-alkyl or cyclic N) is 1. The highest BCUT2D eigenvalue weighted by molar-refractivity contribution is 5.78. The molecule has 0 saturated carbocycles. The van der Waals surface area contributed by atoms with E-state index in [-0.39, 0.29) is 25.1 Å². The van der Waals surface area contributed by atoms with Gasteiger partial charge in [0.1, 0.15) is 12.6 Å². The normalized spacial score (nSPS) is 26.0. The highest BCUT2D eigenvalue weighted by atomic mass is 16.5. The molecule has 1 amide bonds. The van der Waals surface area contributed by atoms with Crippen molar-refractivity contribution in [2.24, 2.45) is 5.11 Å². The predicted molar refractivity (Wildman–Crippen MR) is 47.4 cm³/mol. The van der Waals surface area contributed by atoms with Crippen molar-refractivity contribution in [1.29, 1.82) is 0 Å². The van der Waals surface area contributed by atoms with Crippen molar-refractivity contribution in [2.75, 3.05) is 26.7 Å². The first-order valence-corrected chi connectivity index (χ1v) is 4.18. The largest absolute Gasteiger partial charge is 0.388 e. The fourth-order valence-electron chi connectivity index (χ4n) is 1.38. The average Bonchev–Trinajstić information content (AvgIpc) is 2.56. The van der Waals surface area contributed by atoms with Crippen LogP contribution in [0.4, 0.5) is 0 Å². The maximum Gasteiger partial charge on any atom is 0.228 e.